The average Bonchev–Trinajstić information content (AvgIpc) is 2.66. The van der Waals surface area contributed by atoms with Crippen LogP contribution < -0.4 is 10.6 Å². The predicted molar refractivity (Wildman–Crippen MR) is 105 cm³/mol. The summed E-state index contributed by atoms with van der Waals surface area (Å²) in [5, 5.41) is 6.48. The van der Waals surface area contributed by atoms with E-state index in [1.54, 1.807) is 12.1 Å². The van der Waals surface area contributed by atoms with Crippen molar-refractivity contribution in [2.24, 2.45) is 5.92 Å². The number of aromatic nitrogens is 2. The van der Waals surface area contributed by atoms with Gasteiger partial charge in [0.15, 0.2) is 0 Å². The smallest absolute Gasteiger partial charge is 0.225 e. The van der Waals surface area contributed by atoms with Gasteiger partial charge >= 0.3 is 0 Å². The first kappa shape index (κ1) is 17.9. The van der Waals surface area contributed by atoms with Crippen LogP contribution in [0.3, 0.4) is 0 Å². The van der Waals surface area contributed by atoms with Crippen LogP contribution in [0.2, 0.25) is 0 Å². The summed E-state index contributed by atoms with van der Waals surface area (Å²) >= 11 is 0. The summed E-state index contributed by atoms with van der Waals surface area (Å²) in [6, 6.07) is 18.6. The highest BCUT2D eigenvalue weighted by Crippen LogP contribution is 2.22. The third-order valence-corrected chi connectivity index (χ3v) is 3.88. The first-order chi connectivity index (χ1) is 12.6. The molecule has 0 bridgehead atoms. The number of anilines is 2. The van der Waals surface area contributed by atoms with Crippen LogP contribution in [0.25, 0.3) is 11.3 Å². The third-order valence-electron chi connectivity index (χ3n) is 3.88. The Kier molecular flexibility index (Phi) is 5.79. The first-order valence-corrected chi connectivity index (χ1v) is 8.77. The van der Waals surface area contributed by atoms with Crippen LogP contribution in [0.5, 0.6) is 0 Å². The SMILES string of the molecule is CC(C)CNc1cc(-c2ccccc2)nc(NCc2ccccc2F)n1. The first-order valence-electron chi connectivity index (χ1n) is 8.77. The molecule has 1 heterocycles. The van der Waals surface area contributed by atoms with Crippen molar-refractivity contribution < 1.29 is 4.39 Å². The van der Waals surface area contributed by atoms with Crippen molar-refractivity contribution in [1.82, 2.24) is 9.97 Å². The molecule has 0 spiro atoms. The van der Waals surface area contributed by atoms with Gasteiger partial charge in [-0.1, -0.05) is 62.4 Å². The van der Waals surface area contributed by atoms with Gasteiger partial charge in [0.25, 0.3) is 0 Å². The summed E-state index contributed by atoms with van der Waals surface area (Å²) in [4.78, 5) is 9.11. The maximum absolute atomic E-state index is 13.8. The normalized spacial score (nSPS) is 10.8. The molecular weight excluding hydrogens is 327 g/mol. The number of rotatable bonds is 7. The second-order valence-corrected chi connectivity index (χ2v) is 6.55. The quantitative estimate of drug-likeness (QED) is 0.632. The van der Waals surface area contributed by atoms with Crippen molar-refractivity contribution in [3.05, 3.63) is 72.0 Å². The minimum absolute atomic E-state index is 0.239. The number of nitrogens with one attached hydrogen (secondary N) is 2. The number of benzene rings is 2. The lowest BCUT2D eigenvalue weighted by molar-refractivity contribution is 0.612. The lowest BCUT2D eigenvalue weighted by Gasteiger charge is -2.13. The molecule has 3 rings (SSSR count). The number of hydrogen-bond donors (Lipinski definition) is 2. The van der Waals surface area contributed by atoms with Crippen LogP contribution >= 0.6 is 0 Å². The molecule has 26 heavy (non-hydrogen) atoms. The maximum atomic E-state index is 13.8. The molecule has 0 saturated heterocycles. The van der Waals surface area contributed by atoms with Gasteiger partial charge in [0.1, 0.15) is 11.6 Å². The van der Waals surface area contributed by atoms with Gasteiger partial charge in [0.2, 0.25) is 5.95 Å². The van der Waals surface area contributed by atoms with Gasteiger partial charge in [-0.25, -0.2) is 9.37 Å². The molecule has 0 amide bonds. The van der Waals surface area contributed by atoms with Crippen molar-refractivity contribution >= 4 is 11.8 Å². The molecule has 0 unspecified atom stereocenters. The summed E-state index contributed by atoms with van der Waals surface area (Å²) in [6.45, 7) is 5.43. The minimum atomic E-state index is -0.239. The van der Waals surface area contributed by atoms with Gasteiger partial charge in [-0.2, -0.15) is 4.98 Å². The van der Waals surface area contributed by atoms with Crippen LogP contribution in [0.4, 0.5) is 16.2 Å². The lowest BCUT2D eigenvalue weighted by atomic mass is 10.1. The Balaban J connectivity index is 1.85. The van der Waals surface area contributed by atoms with Gasteiger partial charge in [0, 0.05) is 30.3 Å². The average molecular weight is 350 g/mol. The van der Waals surface area contributed by atoms with E-state index >= 15 is 0 Å². The predicted octanol–water partition coefficient (Wildman–Crippen LogP) is 4.96. The molecular formula is C21H23FN4. The highest BCUT2D eigenvalue weighted by Gasteiger charge is 2.08. The van der Waals surface area contributed by atoms with Gasteiger partial charge in [-0.3, -0.25) is 0 Å². The van der Waals surface area contributed by atoms with E-state index in [-0.39, 0.29) is 5.82 Å². The van der Waals surface area contributed by atoms with E-state index < -0.39 is 0 Å². The maximum Gasteiger partial charge on any atom is 0.225 e. The van der Waals surface area contributed by atoms with Crippen molar-refractivity contribution in [2.45, 2.75) is 20.4 Å². The molecule has 0 radical (unpaired) electrons. The van der Waals surface area contributed by atoms with E-state index in [9.17, 15) is 4.39 Å². The van der Waals surface area contributed by atoms with Crippen molar-refractivity contribution in [1.29, 1.82) is 0 Å². The number of hydrogen-bond acceptors (Lipinski definition) is 4. The van der Waals surface area contributed by atoms with E-state index in [0.29, 0.717) is 24.0 Å². The van der Waals surface area contributed by atoms with Gasteiger partial charge < -0.3 is 10.6 Å². The van der Waals surface area contributed by atoms with Crippen molar-refractivity contribution in [2.75, 3.05) is 17.2 Å². The number of nitrogens with zero attached hydrogens (tertiary/aromatic N) is 2. The zero-order chi connectivity index (χ0) is 18.4. The standard InChI is InChI=1S/C21H23FN4/c1-15(2)13-23-20-12-19(16-8-4-3-5-9-16)25-21(26-20)24-14-17-10-6-7-11-18(17)22/h3-12,15H,13-14H2,1-2H3,(H2,23,24,25,26). The third kappa shape index (κ3) is 4.79. The second kappa shape index (κ2) is 8.43. The van der Waals surface area contributed by atoms with Crippen LogP contribution in [0.1, 0.15) is 19.4 Å². The van der Waals surface area contributed by atoms with Crippen LogP contribution in [0.15, 0.2) is 60.7 Å². The Labute approximate surface area is 153 Å². The van der Waals surface area contributed by atoms with Crippen molar-refractivity contribution in [3.8, 4) is 11.3 Å². The van der Waals surface area contributed by atoms with Crippen LogP contribution in [-0.2, 0) is 6.54 Å². The topological polar surface area (TPSA) is 49.8 Å². The summed E-state index contributed by atoms with van der Waals surface area (Å²) in [6.07, 6.45) is 0. The molecule has 5 heteroatoms. The zero-order valence-electron chi connectivity index (χ0n) is 15.0. The fourth-order valence-corrected chi connectivity index (χ4v) is 2.50. The molecule has 2 N–H and O–H groups in total. The Morgan fingerprint density at radius 1 is 0.923 bits per heavy atom. The molecule has 134 valence electrons. The molecule has 3 aromatic rings. The van der Waals surface area contributed by atoms with E-state index in [1.807, 2.05) is 42.5 Å². The Morgan fingerprint density at radius 3 is 2.38 bits per heavy atom. The summed E-state index contributed by atoms with van der Waals surface area (Å²) in [5.74, 6) is 1.49. The fraction of sp³-hybridized carbons (Fsp3) is 0.238. The largest absolute Gasteiger partial charge is 0.370 e. The summed E-state index contributed by atoms with van der Waals surface area (Å²) in [5.41, 5.74) is 2.41. The molecule has 0 fully saturated rings. The minimum Gasteiger partial charge on any atom is -0.370 e. The summed E-state index contributed by atoms with van der Waals surface area (Å²) in [7, 11) is 0. The highest BCUT2D eigenvalue weighted by molar-refractivity contribution is 5.64. The Morgan fingerprint density at radius 2 is 1.65 bits per heavy atom. The lowest BCUT2D eigenvalue weighted by Crippen LogP contribution is -2.12. The molecule has 0 atom stereocenters. The summed E-state index contributed by atoms with van der Waals surface area (Å²) < 4.78 is 13.8. The fourth-order valence-electron chi connectivity index (χ4n) is 2.50. The van der Waals surface area contributed by atoms with E-state index in [2.05, 4.69) is 34.4 Å². The Hall–Kier alpha value is -2.95. The van der Waals surface area contributed by atoms with E-state index in [4.69, 9.17) is 0 Å². The monoisotopic (exact) mass is 350 g/mol. The van der Waals surface area contributed by atoms with Crippen LogP contribution in [-0.4, -0.2) is 16.5 Å². The molecule has 2 aromatic carbocycles. The highest BCUT2D eigenvalue weighted by atomic mass is 19.1. The molecule has 0 aliphatic rings. The van der Waals surface area contributed by atoms with Gasteiger partial charge in [-0.15, -0.1) is 0 Å². The molecule has 4 nitrogen and oxygen atoms in total. The molecule has 0 aliphatic carbocycles. The van der Waals surface area contributed by atoms with E-state index in [0.717, 1.165) is 23.6 Å². The Bertz CT molecular complexity index is 850. The number of halogens is 1. The zero-order valence-corrected chi connectivity index (χ0v) is 15.0. The second-order valence-electron chi connectivity index (χ2n) is 6.55. The van der Waals surface area contributed by atoms with Crippen LogP contribution in [0, 0.1) is 11.7 Å². The molecule has 0 aliphatic heterocycles. The van der Waals surface area contributed by atoms with Crippen molar-refractivity contribution in [3.63, 3.8) is 0 Å². The van der Waals surface area contributed by atoms with Gasteiger partial charge in [-0.05, 0) is 12.0 Å². The van der Waals surface area contributed by atoms with E-state index in [1.165, 1.54) is 6.07 Å². The molecule has 1 aromatic heterocycles. The molecule has 0 saturated carbocycles. The van der Waals surface area contributed by atoms with Gasteiger partial charge in [0.05, 0.1) is 5.69 Å².